The Hall–Kier alpha value is -1.58. The largest absolute Gasteiger partial charge is 0.481 e. The van der Waals surface area contributed by atoms with Crippen LogP contribution in [0.1, 0.15) is 142 Å². The molecule has 1 unspecified atom stereocenters. The van der Waals surface area contributed by atoms with Crippen molar-refractivity contribution in [2.45, 2.75) is 148 Å². The molecule has 0 heterocycles. The Bertz CT molecular complexity index is 510. The molecule has 0 aliphatic heterocycles. The van der Waals surface area contributed by atoms with E-state index in [1.807, 2.05) is 0 Å². The lowest BCUT2D eigenvalue weighted by Gasteiger charge is -2.15. The number of allylic oxidation sites excluding steroid dienone is 3. The second-order valence-corrected chi connectivity index (χ2v) is 9.22. The summed E-state index contributed by atoms with van der Waals surface area (Å²) in [4.78, 5) is 23.0. The van der Waals surface area contributed by atoms with Crippen LogP contribution in [0.4, 0.5) is 0 Å². The van der Waals surface area contributed by atoms with E-state index in [0.29, 0.717) is 6.42 Å². The Balaban J connectivity index is 4.10. The number of rotatable bonds is 24. The maximum Gasteiger partial charge on any atom is 0.306 e. The van der Waals surface area contributed by atoms with E-state index in [2.05, 4.69) is 38.2 Å². The number of hydrogen-bond acceptors (Lipinski definition) is 3. The van der Waals surface area contributed by atoms with Crippen LogP contribution in [0.3, 0.4) is 0 Å². The van der Waals surface area contributed by atoms with Gasteiger partial charge in [-0.25, -0.2) is 0 Å². The van der Waals surface area contributed by atoms with Crippen molar-refractivity contribution in [3.05, 3.63) is 24.3 Å². The number of hydrogen-bond donors (Lipinski definition) is 1. The van der Waals surface area contributed by atoms with E-state index in [4.69, 9.17) is 9.84 Å². The molecule has 0 radical (unpaired) electrons. The van der Waals surface area contributed by atoms with Gasteiger partial charge in [-0.1, -0.05) is 89.9 Å². The van der Waals surface area contributed by atoms with E-state index < -0.39 is 5.97 Å². The zero-order chi connectivity index (χ0) is 24.4. The Morgan fingerprint density at radius 3 is 1.94 bits per heavy atom. The van der Waals surface area contributed by atoms with Crippen molar-refractivity contribution in [2.75, 3.05) is 0 Å². The van der Waals surface area contributed by atoms with E-state index in [1.54, 1.807) is 0 Å². The molecule has 1 N–H and O–H groups in total. The molecule has 0 saturated carbocycles. The van der Waals surface area contributed by atoms with Crippen molar-refractivity contribution in [3.8, 4) is 0 Å². The van der Waals surface area contributed by atoms with Crippen LogP contribution < -0.4 is 0 Å². The minimum absolute atomic E-state index is 0.0796. The highest BCUT2D eigenvalue weighted by atomic mass is 16.5. The minimum atomic E-state index is -0.725. The van der Waals surface area contributed by atoms with Gasteiger partial charge in [0.1, 0.15) is 6.10 Å². The summed E-state index contributed by atoms with van der Waals surface area (Å²) >= 11 is 0. The van der Waals surface area contributed by atoms with Gasteiger partial charge >= 0.3 is 11.9 Å². The average Bonchev–Trinajstić information content (AvgIpc) is 2.79. The van der Waals surface area contributed by atoms with E-state index in [9.17, 15) is 9.59 Å². The highest BCUT2D eigenvalue weighted by Crippen LogP contribution is 2.14. The normalized spacial score (nSPS) is 12.5. The fraction of sp³-hybridized carbons (Fsp3) is 0.793. The molecule has 4 heteroatoms. The SMILES string of the molecule is CCC/C=C\CCCCCCCC(=O)OC(/C=C\CCCCCC)CCCCCCC(=O)O. The quantitative estimate of drug-likeness (QED) is 0.0879. The molecule has 0 aromatic heterocycles. The van der Waals surface area contributed by atoms with Crippen LogP contribution in [-0.4, -0.2) is 23.1 Å². The molecule has 0 saturated heterocycles. The first-order valence-corrected chi connectivity index (χ1v) is 13.8. The predicted octanol–water partition coefficient (Wildman–Crippen LogP) is 8.94. The molecule has 0 aromatic carbocycles. The second kappa shape index (κ2) is 25.1. The Labute approximate surface area is 204 Å². The highest BCUT2D eigenvalue weighted by molar-refractivity contribution is 5.69. The number of ether oxygens (including phenoxy) is 1. The van der Waals surface area contributed by atoms with Crippen molar-refractivity contribution in [1.29, 1.82) is 0 Å². The molecular formula is C29H52O4. The van der Waals surface area contributed by atoms with Gasteiger partial charge in [0.25, 0.3) is 0 Å². The maximum absolute atomic E-state index is 12.3. The molecule has 0 fully saturated rings. The molecule has 0 amide bonds. The third-order valence-electron chi connectivity index (χ3n) is 5.86. The monoisotopic (exact) mass is 464 g/mol. The molecule has 0 rings (SSSR count). The number of esters is 1. The van der Waals surface area contributed by atoms with Gasteiger partial charge in [-0.3, -0.25) is 9.59 Å². The highest BCUT2D eigenvalue weighted by Gasteiger charge is 2.11. The summed E-state index contributed by atoms with van der Waals surface area (Å²) in [6.07, 6.45) is 29.1. The van der Waals surface area contributed by atoms with Crippen molar-refractivity contribution >= 4 is 11.9 Å². The molecule has 1 atom stereocenters. The van der Waals surface area contributed by atoms with Crippen molar-refractivity contribution in [1.82, 2.24) is 0 Å². The zero-order valence-electron chi connectivity index (χ0n) is 21.7. The van der Waals surface area contributed by atoms with Crippen molar-refractivity contribution < 1.29 is 19.4 Å². The number of carbonyl (C=O) groups excluding carboxylic acids is 1. The van der Waals surface area contributed by atoms with Crippen molar-refractivity contribution in [2.24, 2.45) is 0 Å². The van der Waals surface area contributed by atoms with Crippen LogP contribution in [0.15, 0.2) is 24.3 Å². The van der Waals surface area contributed by atoms with Gasteiger partial charge in [-0.05, 0) is 63.9 Å². The molecule has 0 aliphatic rings. The topological polar surface area (TPSA) is 63.6 Å². The lowest BCUT2D eigenvalue weighted by molar-refractivity contribution is -0.147. The predicted molar refractivity (Wildman–Crippen MR) is 139 cm³/mol. The number of aliphatic carboxylic acids is 1. The Morgan fingerprint density at radius 1 is 0.667 bits per heavy atom. The average molecular weight is 465 g/mol. The smallest absolute Gasteiger partial charge is 0.306 e. The van der Waals surface area contributed by atoms with Gasteiger partial charge in [-0.2, -0.15) is 0 Å². The lowest BCUT2D eigenvalue weighted by atomic mass is 10.1. The second-order valence-electron chi connectivity index (χ2n) is 9.22. The molecule has 4 nitrogen and oxygen atoms in total. The van der Waals surface area contributed by atoms with E-state index in [0.717, 1.165) is 51.4 Å². The van der Waals surface area contributed by atoms with Crippen LogP contribution in [-0.2, 0) is 14.3 Å². The van der Waals surface area contributed by atoms with Gasteiger partial charge in [0.2, 0.25) is 0 Å². The molecular weight excluding hydrogens is 412 g/mol. The van der Waals surface area contributed by atoms with Gasteiger partial charge in [0, 0.05) is 12.8 Å². The lowest BCUT2D eigenvalue weighted by Crippen LogP contribution is -2.16. The summed E-state index contributed by atoms with van der Waals surface area (Å²) in [5.74, 6) is -0.805. The summed E-state index contributed by atoms with van der Waals surface area (Å²) in [5, 5.41) is 8.73. The summed E-state index contributed by atoms with van der Waals surface area (Å²) < 4.78 is 5.78. The fourth-order valence-electron chi connectivity index (χ4n) is 3.80. The zero-order valence-corrected chi connectivity index (χ0v) is 21.7. The first-order chi connectivity index (χ1) is 16.1. The molecule has 0 bridgehead atoms. The number of unbranched alkanes of at least 4 members (excludes halogenated alkanes) is 13. The number of carboxylic acids is 1. The van der Waals surface area contributed by atoms with Crippen LogP contribution in [0.5, 0.6) is 0 Å². The maximum atomic E-state index is 12.3. The van der Waals surface area contributed by atoms with Crippen LogP contribution >= 0.6 is 0 Å². The third-order valence-corrected chi connectivity index (χ3v) is 5.86. The minimum Gasteiger partial charge on any atom is -0.481 e. The van der Waals surface area contributed by atoms with Gasteiger partial charge in [-0.15, -0.1) is 0 Å². The van der Waals surface area contributed by atoms with E-state index in [1.165, 1.54) is 64.2 Å². The fourth-order valence-corrected chi connectivity index (χ4v) is 3.80. The van der Waals surface area contributed by atoms with Gasteiger partial charge in [0.15, 0.2) is 0 Å². The molecule has 0 spiro atoms. The number of carbonyl (C=O) groups is 2. The summed E-state index contributed by atoms with van der Waals surface area (Å²) in [6.45, 7) is 4.42. The van der Waals surface area contributed by atoms with Gasteiger partial charge < -0.3 is 9.84 Å². The van der Waals surface area contributed by atoms with E-state index in [-0.39, 0.29) is 18.5 Å². The molecule has 192 valence electrons. The Kier molecular flexibility index (Phi) is 23.9. The summed E-state index contributed by atoms with van der Waals surface area (Å²) in [6, 6.07) is 0. The standard InChI is InChI=1S/C29H52O4/c1-3-5-7-9-11-12-13-14-16-22-26-29(32)33-27(23-19-15-10-8-6-4-2)24-20-17-18-21-25-28(30)31/h7,9,19,23,27H,3-6,8,10-18,20-22,24-26H2,1-2H3,(H,30,31)/b9-7-,23-19-. The van der Waals surface area contributed by atoms with Gasteiger partial charge in [0.05, 0.1) is 0 Å². The number of carboxylic acid groups (broad SMARTS) is 1. The summed E-state index contributed by atoms with van der Waals surface area (Å²) in [5.41, 5.74) is 0. The molecule has 0 aromatic rings. The Morgan fingerprint density at radius 2 is 1.24 bits per heavy atom. The molecule has 0 aliphatic carbocycles. The van der Waals surface area contributed by atoms with Crippen LogP contribution in [0.25, 0.3) is 0 Å². The first kappa shape index (κ1) is 31.4. The van der Waals surface area contributed by atoms with Crippen LogP contribution in [0, 0.1) is 0 Å². The van der Waals surface area contributed by atoms with Crippen LogP contribution in [0.2, 0.25) is 0 Å². The van der Waals surface area contributed by atoms with Crippen molar-refractivity contribution in [3.63, 3.8) is 0 Å². The third kappa shape index (κ3) is 24.9. The van der Waals surface area contributed by atoms with E-state index >= 15 is 0 Å². The summed E-state index contributed by atoms with van der Waals surface area (Å²) in [7, 11) is 0. The molecule has 33 heavy (non-hydrogen) atoms. The first-order valence-electron chi connectivity index (χ1n) is 13.8.